The van der Waals surface area contributed by atoms with E-state index in [4.69, 9.17) is 9.47 Å². The van der Waals surface area contributed by atoms with Crippen molar-refractivity contribution < 1.29 is 9.47 Å². The minimum atomic E-state index is 0.490. The van der Waals surface area contributed by atoms with Crippen molar-refractivity contribution >= 4 is 0 Å². The van der Waals surface area contributed by atoms with E-state index in [-0.39, 0.29) is 0 Å². The van der Waals surface area contributed by atoms with Gasteiger partial charge in [0, 0.05) is 6.04 Å². The molecule has 1 saturated heterocycles. The zero-order chi connectivity index (χ0) is 10.8. The highest BCUT2D eigenvalue weighted by atomic mass is 16.6. The second kappa shape index (κ2) is 4.34. The van der Waals surface area contributed by atoms with E-state index in [1.54, 1.807) is 0 Å². The van der Waals surface area contributed by atoms with E-state index in [0.717, 1.165) is 18.0 Å². The molecule has 0 unspecified atom stereocenters. The largest absolute Gasteiger partial charge is 0.486 e. The van der Waals surface area contributed by atoms with Gasteiger partial charge in [-0.2, -0.15) is 0 Å². The first kappa shape index (κ1) is 9.97. The van der Waals surface area contributed by atoms with E-state index in [9.17, 15) is 0 Å². The summed E-state index contributed by atoms with van der Waals surface area (Å²) in [5.41, 5.74) is 1.32. The Balaban J connectivity index is 1.84. The zero-order valence-electron chi connectivity index (χ0n) is 9.37. The van der Waals surface area contributed by atoms with E-state index in [1.165, 1.54) is 24.8 Å². The SMILES string of the molecule is c1cc2c(cc1[C@@H]1CCCCN1)OCCO2. The molecule has 2 heterocycles. The first-order valence-electron chi connectivity index (χ1n) is 6.06. The van der Waals surface area contributed by atoms with Gasteiger partial charge in [-0.3, -0.25) is 0 Å². The first-order chi connectivity index (χ1) is 7.93. The smallest absolute Gasteiger partial charge is 0.161 e. The van der Waals surface area contributed by atoms with Crippen molar-refractivity contribution in [1.82, 2.24) is 5.32 Å². The summed E-state index contributed by atoms with van der Waals surface area (Å²) in [6, 6.07) is 6.79. The standard InChI is InChI=1S/C13H17NO2/c1-2-6-14-11(3-1)10-4-5-12-13(9-10)16-8-7-15-12/h4-5,9,11,14H,1-3,6-8H2/t11-/m0/s1. The Labute approximate surface area is 95.8 Å². The third-order valence-electron chi connectivity index (χ3n) is 3.28. The van der Waals surface area contributed by atoms with Crippen molar-refractivity contribution in [2.75, 3.05) is 19.8 Å². The quantitative estimate of drug-likeness (QED) is 0.786. The van der Waals surface area contributed by atoms with Gasteiger partial charge in [-0.1, -0.05) is 12.5 Å². The van der Waals surface area contributed by atoms with Crippen LogP contribution in [0.15, 0.2) is 18.2 Å². The molecule has 16 heavy (non-hydrogen) atoms. The van der Waals surface area contributed by atoms with Crippen LogP contribution in [0.5, 0.6) is 11.5 Å². The van der Waals surface area contributed by atoms with Crippen LogP contribution in [0, 0.1) is 0 Å². The number of ether oxygens (including phenoxy) is 2. The van der Waals surface area contributed by atoms with Gasteiger partial charge in [0.1, 0.15) is 13.2 Å². The molecule has 3 nitrogen and oxygen atoms in total. The molecule has 0 aliphatic carbocycles. The highest BCUT2D eigenvalue weighted by molar-refractivity contribution is 5.44. The highest BCUT2D eigenvalue weighted by Gasteiger charge is 2.18. The number of rotatable bonds is 1. The Bertz CT molecular complexity index is 372. The molecule has 1 atom stereocenters. The average Bonchev–Trinajstić information content (AvgIpc) is 2.39. The predicted molar refractivity (Wildman–Crippen MR) is 62.0 cm³/mol. The van der Waals surface area contributed by atoms with Crippen LogP contribution < -0.4 is 14.8 Å². The maximum absolute atomic E-state index is 5.60. The molecular formula is C13H17NO2. The van der Waals surface area contributed by atoms with Crippen molar-refractivity contribution in [3.63, 3.8) is 0 Å². The summed E-state index contributed by atoms with van der Waals surface area (Å²) in [5, 5.41) is 3.55. The second-order valence-electron chi connectivity index (χ2n) is 4.41. The normalized spacial score (nSPS) is 24.1. The Kier molecular flexibility index (Phi) is 2.70. The van der Waals surface area contributed by atoms with E-state index in [0.29, 0.717) is 19.3 Å². The lowest BCUT2D eigenvalue weighted by Crippen LogP contribution is -2.27. The molecule has 1 fully saturated rings. The van der Waals surface area contributed by atoms with Crippen LogP contribution in [0.4, 0.5) is 0 Å². The number of hydrogen-bond acceptors (Lipinski definition) is 3. The lowest BCUT2D eigenvalue weighted by atomic mass is 9.97. The summed E-state index contributed by atoms with van der Waals surface area (Å²) in [6.45, 7) is 2.45. The molecule has 0 aromatic heterocycles. The molecule has 0 amide bonds. The molecule has 0 saturated carbocycles. The summed E-state index contributed by atoms with van der Waals surface area (Å²) in [7, 11) is 0. The molecule has 0 spiro atoms. The molecule has 1 aromatic rings. The fourth-order valence-corrected chi connectivity index (χ4v) is 2.41. The first-order valence-corrected chi connectivity index (χ1v) is 6.06. The number of piperidine rings is 1. The Morgan fingerprint density at radius 1 is 1.06 bits per heavy atom. The molecule has 0 bridgehead atoms. The molecule has 3 heteroatoms. The fraction of sp³-hybridized carbons (Fsp3) is 0.538. The van der Waals surface area contributed by atoms with Crippen LogP contribution >= 0.6 is 0 Å². The zero-order valence-corrected chi connectivity index (χ0v) is 9.37. The monoisotopic (exact) mass is 219 g/mol. The van der Waals surface area contributed by atoms with Crippen LogP contribution in [-0.2, 0) is 0 Å². The van der Waals surface area contributed by atoms with Gasteiger partial charge in [-0.25, -0.2) is 0 Å². The Morgan fingerprint density at radius 2 is 1.94 bits per heavy atom. The molecule has 2 aliphatic heterocycles. The van der Waals surface area contributed by atoms with Crippen LogP contribution in [-0.4, -0.2) is 19.8 Å². The second-order valence-corrected chi connectivity index (χ2v) is 4.41. The molecule has 2 aliphatic rings. The summed E-state index contributed by atoms with van der Waals surface area (Å²) in [4.78, 5) is 0. The van der Waals surface area contributed by atoms with Crippen molar-refractivity contribution in [2.45, 2.75) is 25.3 Å². The van der Waals surface area contributed by atoms with Crippen LogP contribution in [0.3, 0.4) is 0 Å². The summed E-state index contributed by atoms with van der Waals surface area (Å²) in [6.07, 6.45) is 3.83. The molecular weight excluding hydrogens is 202 g/mol. The van der Waals surface area contributed by atoms with E-state index in [1.807, 2.05) is 6.07 Å². The molecule has 1 aromatic carbocycles. The van der Waals surface area contributed by atoms with Gasteiger partial charge in [0.25, 0.3) is 0 Å². The van der Waals surface area contributed by atoms with E-state index >= 15 is 0 Å². The maximum Gasteiger partial charge on any atom is 0.161 e. The fourth-order valence-electron chi connectivity index (χ4n) is 2.41. The molecule has 0 radical (unpaired) electrons. The topological polar surface area (TPSA) is 30.5 Å². The summed E-state index contributed by atoms with van der Waals surface area (Å²) >= 11 is 0. The van der Waals surface area contributed by atoms with Crippen molar-refractivity contribution in [3.8, 4) is 11.5 Å². The summed E-state index contributed by atoms with van der Waals surface area (Å²) in [5.74, 6) is 1.78. The van der Waals surface area contributed by atoms with Crippen LogP contribution in [0.2, 0.25) is 0 Å². The van der Waals surface area contributed by atoms with Crippen molar-refractivity contribution in [1.29, 1.82) is 0 Å². The minimum Gasteiger partial charge on any atom is -0.486 e. The lowest BCUT2D eigenvalue weighted by Gasteiger charge is -2.25. The third-order valence-corrected chi connectivity index (χ3v) is 3.28. The third kappa shape index (κ3) is 1.87. The highest BCUT2D eigenvalue weighted by Crippen LogP contribution is 2.34. The number of benzene rings is 1. The molecule has 86 valence electrons. The molecule has 3 rings (SSSR count). The van der Waals surface area contributed by atoms with E-state index in [2.05, 4.69) is 17.4 Å². The molecule has 1 N–H and O–H groups in total. The predicted octanol–water partition coefficient (Wildman–Crippen LogP) is 2.27. The van der Waals surface area contributed by atoms with Gasteiger partial charge < -0.3 is 14.8 Å². The van der Waals surface area contributed by atoms with Crippen LogP contribution in [0.25, 0.3) is 0 Å². The van der Waals surface area contributed by atoms with Gasteiger partial charge in [0.2, 0.25) is 0 Å². The average molecular weight is 219 g/mol. The number of nitrogens with one attached hydrogen (secondary N) is 1. The van der Waals surface area contributed by atoms with Crippen molar-refractivity contribution in [3.05, 3.63) is 23.8 Å². The van der Waals surface area contributed by atoms with Gasteiger partial charge in [-0.15, -0.1) is 0 Å². The number of fused-ring (bicyclic) bond motifs is 1. The Morgan fingerprint density at radius 3 is 2.75 bits per heavy atom. The van der Waals surface area contributed by atoms with Gasteiger partial charge >= 0.3 is 0 Å². The Hall–Kier alpha value is -1.22. The minimum absolute atomic E-state index is 0.490. The van der Waals surface area contributed by atoms with Crippen molar-refractivity contribution in [2.24, 2.45) is 0 Å². The lowest BCUT2D eigenvalue weighted by molar-refractivity contribution is 0.171. The maximum atomic E-state index is 5.60. The summed E-state index contributed by atoms with van der Waals surface area (Å²) < 4.78 is 11.1. The van der Waals surface area contributed by atoms with Crippen LogP contribution in [0.1, 0.15) is 30.9 Å². The van der Waals surface area contributed by atoms with Gasteiger partial charge in [0.15, 0.2) is 11.5 Å². The van der Waals surface area contributed by atoms with E-state index < -0.39 is 0 Å². The van der Waals surface area contributed by atoms with Gasteiger partial charge in [-0.05, 0) is 37.1 Å². The number of hydrogen-bond donors (Lipinski definition) is 1. The van der Waals surface area contributed by atoms with Gasteiger partial charge in [0.05, 0.1) is 0 Å².